The van der Waals surface area contributed by atoms with Gasteiger partial charge < -0.3 is 15.5 Å². The van der Waals surface area contributed by atoms with Gasteiger partial charge >= 0.3 is 5.97 Å². The summed E-state index contributed by atoms with van der Waals surface area (Å²) >= 11 is 0. The lowest BCUT2D eigenvalue weighted by Gasteiger charge is -2.18. The van der Waals surface area contributed by atoms with E-state index < -0.39 is 12.0 Å². The summed E-state index contributed by atoms with van der Waals surface area (Å²) in [6.45, 7) is -0.174. The molecule has 1 atom stereocenters. The Morgan fingerprint density at radius 2 is 2.05 bits per heavy atom. The van der Waals surface area contributed by atoms with Gasteiger partial charge in [-0.05, 0) is 5.56 Å². The van der Waals surface area contributed by atoms with Crippen LogP contribution in [-0.2, 0) is 0 Å². The van der Waals surface area contributed by atoms with Crippen molar-refractivity contribution in [1.82, 2.24) is 9.97 Å². The molecule has 6 nitrogen and oxygen atoms in total. The van der Waals surface area contributed by atoms with Crippen molar-refractivity contribution in [3.05, 3.63) is 54.0 Å². The Kier molecular flexibility index (Phi) is 4.04. The first-order chi connectivity index (χ1) is 9.22. The lowest BCUT2D eigenvalue weighted by Crippen LogP contribution is -2.18. The molecule has 0 spiro atoms. The van der Waals surface area contributed by atoms with Crippen LogP contribution < -0.4 is 5.32 Å². The van der Waals surface area contributed by atoms with Crippen molar-refractivity contribution in [3.8, 4) is 0 Å². The summed E-state index contributed by atoms with van der Waals surface area (Å²) in [7, 11) is 0. The molecule has 0 saturated heterocycles. The van der Waals surface area contributed by atoms with E-state index in [-0.39, 0.29) is 18.0 Å². The first kappa shape index (κ1) is 13.0. The fourth-order valence-corrected chi connectivity index (χ4v) is 1.69. The number of aromatic nitrogens is 2. The third kappa shape index (κ3) is 3.05. The summed E-state index contributed by atoms with van der Waals surface area (Å²) in [5, 5.41) is 21.4. The normalized spacial score (nSPS) is 11.8. The number of nitrogens with one attached hydrogen (secondary N) is 1. The Hall–Kier alpha value is -2.47. The average Bonchev–Trinajstić information content (AvgIpc) is 2.46. The third-order valence-corrected chi connectivity index (χ3v) is 2.64. The largest absolute Gasteiger partial charge is 0.477 e. The number of hydrogen-bond donors (Lipinski definition) is 3. The Morgan fingerprint density at radius 3 is 2.68 bits per heavy atom. The number of carboxylic acids is 1. The van der Waals surface area contributed by atoms with Crippen molar-refractivity contribution in [3.63, 3.8) is 0 Å². The van der Waals surface area contributed by atoms with Gasteiger partial charge in [-0.15, -0.1) is 0 Å². The number of rotatable bonds is 5. The van der Waals surface area contributed by atoms with Gasteiger partial charge in [-0.3, -0.25) is 0 Å². The van der Waals surface area contributed by atoms with Crippen LogP contribution in [0.1, 0.15) is 22.0 Å². The number of nitrogens with zero attached hydrogens (tertiary/aromatic N) is 2. The zero-order chi connectivity index (χ0) is 13.7. The van der Waals surface area contributed by atoms with Crippen LogP contribution in [0.3, 0.4) is 0 Å². The molecule has 0 amide bonds. The lowest BCUT2D eigenvalue weighted by atomic mass is 10.1. The maximum Gasteiger partial charge on any atom is 0.341 e. The molecule has 1 aromatic heterocycles. The van der Waals surface area contributed by atoms with Gasteiger partial charge in [0.25, 0.3) is 0 Å². The summed E-state index contributed by atoms with van der Waals surface area (Å²) in [4.78, 5) is 18.6. The maximum absolute atomic E-state index is 11.0. The highest BCUT2D eigenvalue weighted by molar-refractivity contribution is 5.92. The molecule has 2 rings (SSSR count). The quantitative estimate of drug-likeness (QED) is 0.749. The van der Waals surface area contributed by atoms with Crippen LogP contribution in [0.25, 0.3) is 0 Å². The first-order valence-electron chi connectivity index (χ1n) is 5.68. The molecule has 6 heteroatoms. The van der Waals surface area contributed by atoms with Crippen molar-refractivity contribution >= 4 is 11.8 Å². The zero-order valence-corrected chi connectivity index (χ0v) is 10.0. The average molecular weight is 259 g/mol. The second-order valence-corrected chi connectivity index (χ2v) is 3.88. The van der Waals surface area contributed by atoms with Gasteiger partial charge in [-0.2, -0.15) is 0 Å². The van der Waals surface area contributed by atoms with Crippen LogP contribution in [-0.4, -0.2) is 32.8 Å². The predicted octanol–water partition coefficient (Wildman–Crippen LogP) is 1.32. The highest BCUT2D eigenvalue weighted by Crippen LogP contribution is 2.19. The molecule has 1 aromatic carbocycles. The van der Waals surface area contributed by atoms with Crippen LogP contribution in [0.5, 0.6) is 0 Å². The first-order valence-corrected chi connectivity index (χ1v) is 5.68. The number of anilines is 1. The van der Waals surface area contributed by atoms with E-state index >= 15 is 0 Å². The Bertz CT molecular complexity index is 560. The minimum Gasteiger partial charge on any atom is -0.477 e. The molecule has 0 radical (unpaired) electrons. The molecule has 3 N–H and O–H groups in total. The molecule has 0 bridgehead atoms. The topological polar surface area (TPSA) is 95.3 Å². The lowest BCUT2D eigenvalue weighted by molar-refractivity contribution is 0.0697. The molecule has 1 heterocycles. The highest BCUT2D eigenvalue weighted by atomic mass is 16.4. The standard InChI is InChI=1S/C13H13N3O3/c17-7-11(9-4-2-1-3-5-9)16-12-10(13(18)19)6-14-8-15-12/h1-6,8,11,17H,7H2,(H,18,19)(H,14,15,16)/t11-/m1/s1. The number of carboxylic acid groups (broad SMARTS) is 1. The monoisotopic (exact) mass is 259 g/mol. The van der Waals surface area contributed by atoms with Crippen molar-refractivity contribution in [2.45, 2.75) is 6.04 Å². The van der Waals surface area contributed by atoms with E-state index in [0.29, 0.717) is 0 Å². The Balaban J connectivity index is 2.27. The minimum atomic E-state index is -1.12. The van der Waals surface area contributed by atoms with E-state index in [4.69, 9.17) is 5.11 Å². The van der Waals surface area contributed by atoms with Gasteiger partial charge in [0.15, 0.2) is 0 Å². The van der Waals surface area contributed by atoms with Crippen molar-refractivity contribution < 1.29 is 15.0 Å². The molecule has 2 aromatic rings. The van der Waals surface area contributed by atoms with Gasteiger partial charge in [0.2, 0.25) is 0 Å². The van der Waals surface area contributed by atoms with E-state index in [1.165, 1.54) is 12.5 Å². The van der Waals surface area contributed by atoms with Crippen LogP contribution >= 0.6 is 0 Å². The van der Waals surface area contributed by atoms with E-state index in [9.17, 15) is 9.90 Å². The second-order valence-electron chi connectivity index (χ2n) is 3.88. The second kappa shape index (κ2) is 5.92. The molecule has 0 fully saturated rings. The van der Waals surface area contributed by atoms with E-state index in [1.54, 1.807) is 0 Å². The number of aromatic carboxylic acids is 1. The van der Waals surface area contributed by atoms with Crippen molar-refractivity contribution in [2.75, 3.05) is 11.9 Å². The smallest absolute Gasteiger partial charge is 0.341 e. The third-order valence-electron chi connectivity index (χ3n) is 2.64. The van der Waals surface area contributed by atoms with Gasteiger partial charge in [0.05, 0.1) is 12.6 Å². The van der Waals surface area contributed by atoms with E-state index in [1.807, 2.05) is 30.3 Å². The molecular formula is C13H13N3O3. The molecular weight excluding hydrogens is 246 g/mol. The summed E-state index contributed by atoms with van der Waals surface area (Å²) in [6, 6.07) is 8.82. The molecule has 0 aliphatic heterocycles. The van der Waals surface area contributed by atoms with Crippen molar-refractivity contribution in [2.24, 2.45) is 0 Å². The number of aliphatic hydroxyl groups is 1. The Labute approximate surface area is 109 Å². The molecule has 0 unspecified atom stereocenters. The van der Waals surface area contributed by atoms with Crippen LogP contribution in [0.4, 0.5) is 5.82 Å². The number of aliphatic hydroxyl groups excluding tert-OH is 1. The zero-order valence-electron chi connectivity index (χ0n) is 10.0. The van der Waals surface area contributed by atoms with E-state index in [2.05, 4.69) is 15.3 Å². The van der Waals surface area contributed by atoms with Crippen LogP contribution in [0.15, 0.2) is 42.9 Å². The fraction of sp³-hybridized carbons (Fsp3) is 0.154. The van der Waals surface area contributed by atoms with Gasteiger partial charge in [0.1, 0.15) is 17.7 Å². The summed E-state index contributed by atoms with van der Waals surface area (Å²) in [5.41, 5.74) is 0.817. The molecule has 19 heavy (non-hydrogen) atoms. The minimum absolute atomic E-state index is 0.0307. The summed E-state index contributed by atoms with van der Waals surface area (Å²) in [6.07, 6.45) is 2.48. The highest BCUT2D eigenvalue weighted by Gasteiger charge is 2.16. The van der Waals surface area contributed by atoms with Crippen LogP contribution in [0.2, 0.25) is 0 Å². The molecule has 0 saturated carbocycles. The summed E-state index contributed by atoms with van der Waals surface area (Å²) < 4.78 is 0. The number of benzene rings is 1. The van der Waals surface area contributed by atoms with Gasteiger partial charge in [0, 0.05) is 6.20 Å². The van der Waals surface area contributed by atoms with Gasteiger partial charge in [-0.25, -0.2) is 14.8 Å². The SMILES string of the molecule is O=C(O)c1cncnc1N[C@H](CO)c1ccccc1. The van der Waals surface area contributed by atoms with E-state index in [0.717, 1.165) is 5.56 Å². The van der Waals surface area contributed by atoms with Crippen LogP contribution in [0, 0.1) is 0 Å². The molecule has 98 valence electrons. The summed E-state index contributed by atoms with van der Waals surface area (Å²) in [5.74, 6) is -0.932. The maximum atomic E-state index is 11.0. The number of hydrogen-bond acceptors (Lipinski definition) is 5. The molecule has 0 aliphatic rings. The number of carbonyl (C=O) groups is 1. The van der Waals surface area contributed by atoms with Gasteiger partial charge in [-0.1, -0.05) is 30.3 Å². The fourth-order valence-electron chi connectivity index (χ4n) is 1.69. The predicted molar refractivity (Wildman–Crippen MR) is 68.9 cm³/mol. The van der Waals surface area contributed by atoms with Crippen molar-refractivity contribution in [1.29, 1.82) is 0 Å². The Morgan fingerprint density at radius 1 is 1.32 bits per heavy atom. The molecule has 0 aliphatic carbocycles.